The predicted molar refractivity (Wildman–Crippen MR) is 109 cm³/mol. The van der Waals surface area contributed by atoms with E-state index in [0.29, 0.717) is 24.2 Å². The highest BCUT2D eigenvalue weighted by Crippen LogP contribution is 2.30. The lowest BCUT2D eigenvalue weighted by Crippen LogP contribution is -2.35. The zero-order valence-corrected chi connectivity index (χ0v) is 17.1. The second-order valence-corrected chi connectivity index (χ2v) is 7.19. The minimum absolute atomic E-state index is 0.0614. The van der Waals surface area contributed by atoms with Gasteiger partial charge in [-0.15, -0.1) is 0 Å². The van der Waals surface area contributed by atoms with Gasteiger partial charge >= 0.3 is 12.2 Å². The van der Waals surface area contributed by atoms with Gasteiger partial charge in [0.1, 0.15) is 25.3 Å². The van der Waals surface area contributed by atoms with Crippen molar-refractivity contribution < 1.29 is 37.8 Å². The summed E-state index contributed by atoms with van der Waals surface area (Å²) in [6.07, 6.45) is 1.97. The van der Waals surface area contributed by atoms with Crippen LogP contribution >= 0.6 is 0 Å². The fourth-order valence-corrected chi connectivity index (χ4v) is 3.51. The molecule has 0 spiro atoms. The Morgan fingerprint density at radius 3 is 2.91 bits per heavy atom. The summed E-state index contributed by atoms with van der Waals surface area (Å²) in [5.41, 5.74) is 1.56. The zero-order valence-electron chi connectivity index (χ0n) is 17.1. The van der Waals surface area contributed by atoms with Gasteiger partial charge in [0.05, 0.1) is 18.8 Å². The summed E-state index contributed by atoms with van der Waals surface area (Å²) < 4.78 is 35.1. The van der Waals surface area contributed by atoms with Crippen LogP contribution in [-0.2, 0) is 9.47 Å². The van der Waals surface area contributed by atoms with Crippen molar-refractivity contribution in [1.29, 1.82) is 0 Å². The molecule has 1 atom stereocenters. The molecule has 1 aromatic carbocycles. The molecule has 0 saturated carbocycles. The molecule has 0 radical (unpaired) electrons. The van der Waals surface area contributed by atoms with E-state index in [1.165, 1.54) is 22.1 Å². The number of aliphatic hydroxyl groups excluding tert-OH is 1. The molecular formula is C21H22FN3O7. The molecule has 4 rings (SSSR count). The number of ether oxygens (including phenoxy) is 3. The Balaban J connectivity index is 1.37. The van der Waals surface area contributed by atoms with Crippen LogP contribution in [0, 0.1) is 5.82 Å². The summed E-state index contributed by atoms with van der Waals surface area (Å²) in [6.45, 7) is 0.671. The normalized spacial score (nSPS) is 18.4. The van der Waals surface area contributed by atoms with E-state index < -0.39 is 24.1 Å². The van der Waals surface area contributed by atoms with E-state index in [2.05, 4.69) is 9.68 Å². The molecule has 11 heteroatoms. The van der Waals surface area contributed by atoms with Crippen molar-refractivity contribution in [1.82, 2.24) is 10.1 Å². The molecule has 1 saturated heterocycles. The molecule has 3 heterocycles. The summed E-state index contributed by atoms with van der Waals surface area (Å²) in [4.78, 5) is 26.9. The number of carbonyl (C=O) groups excluding carboxylic acids is 2. The van der Waals surface area contributed by atoms with Crippen molar-refractivity contribution in [2.75, 3.05) is 44.4 Å². The number of benzene rings is 1. The molecule has 2 aromatic rings. The molecule has 1 aromatic heterocycles. The zero-order chi connectivity index (χ0) is 22.5. The lowest BCUT2D eigenvalue weighted by atomic mass is 9.98. The monoisotopic (exact) mass is 447 g/mol. The minimum Gasteiger partial charge on any atom is -0.471 e. The van der Waals surface area contributed by atoms with Crippen LogP contribution in [0.3, 0.4) is 0 Å². The number of carbonyl (C=O) groups is 2. The molecule has 10 nitrogen and oxygen atoms in total. The Morgan fingerprint density at radius 1 is 1.34 bits per heavy atom. The van der Waals surface area contributed by atoms with Crippen molar-refractivity contribution in [3.05, 3.63) is 48.0 Å². The topological polar surface area (TPSA) is 115 Å². The van der Waals surface area contributed by atoms with Crippen molar-refractivity contribution in [2.24, 2.45) is 0 Å². The second-order valence-electron chi connectivity index (χ2n) is 7.19. The van der Waals surface area contributed by atoms with Gasteiger partial charge in [-0.25, -0.2) is 14.0 Å². The van der Waals surface area contributed by atoms with Gasteiger partial charge in [-0.1, -0.05) is 6.08 Å². The molecule has 0 unspecified atom stereocenters. The van der Waals surface area contributed by atoms with Crippen LogP contribution < -0.4 is 9.64 Å². The first-order chi connectivity index (χ1) is 15.5. The number of hydrogen-bond donors (Lipinski definition) is 1. The molecule has 2 amide bonds. The van der Waals surface area contributed by atoms with Crippen molar-refractivity contribution >= 4 is 23.4 Å². The maximum absolute atomic E-state index is 14.9. The van der Waals surface area contributed by atoms with Gasteiger partial charge in [-0.2, -0.15) is 0 Å². The average molecular weight is 447 g/mol. The number of nitrogens with zero attached hydrogens (tertiary/aromatic N) is 3. The van der Waals surface area contributed by atoms with E-state index in [9.17, 15) is 14.0 Å². The molecule has 1 N–H and O–H groups in total. The SMILES string of the molecule is O=C(OCCO)N1CC=C(c2ccc(N3C[C@H](COc4ccon4)OC3=O)cc2F)CC1. The van der Waals surface area contributed by atoms with Gasteiger partial charge in [0.25, 0.3) is 5.88 Å². The quantitative estimate of drug-likeness (QED) is 0.688. The smallest absolute Gasteiger partial charge is 0.414 e. The predicted octanol–water partition coefficient (Wildman–Crippen LogP) is 2.44. The molecule has 0 aliphatic carbocycles. The molecule has 0 bridgehead atoms. The van der Waals surface area contributed by atoms with Crippen LogP contribution in [0.15, 0.2) is 41.1 Å². The molecule has 1 fully saturated rings. The number of halogens is 1. The summed E-state index contributed by atoms with van der Waals surface area (Å²) in [5, 5.41) is 12.4. The summed E-state index contributed by atoms with van der Waals surface area (Å²) in [6, 6.07) is 6.10. The van der Waals surface area contributed by atoms with Gasteiger partial charge in [-0.3, -0.25) is 4.90 Å². The first-order valence-electron chi connectivity index (χ1n) is 10.1. The Morgan fingerprint density at radius 2 is 2.22 bits per heavy atom. The van der Waals surface area contributed by atoms with Crippen LogP contribution in [0.2, 0.25) is 0 Å². The third-order valence-electron chi connectivity index (χ3n) is 5.10. The number of aliphatic hydroxyl groups is 1. The number of cyclic esters (lactones) is 1. The lowest BCUT2D eigenvalue weighted by molar-refractivity contribution is 0.0871. The van der Waals surface area contributed by atoms with Gasteiger partial charge in [0.15, 0.2) is 6.10 Å². The maximum atomic E-state index is 14.9. The standard InChI is InChI=1S/C21H22FN3O7/c22-18-11-15(25-12-16(32-21(25)28)13-30-19-5-9-31-23-19)1-2-17(18)14-3-6-24(7-4-14)20(27)29-10-8-26/h1-3,5,9,11,16,26H,4,6-8,10,12-13H2/t16-/m1/s1. The van der Waals surface area contributed by atoms with Crippen molar-refractivity contribution in [3.63, 3.8) is 0 Å². The molecule has 170 valence electrons. The minimum atomic E-state index is -0.584. The number of aromatic nitrogens is 1. The Hall–Kier alpha value is -3.60. The highest BCUT2D eigenvalue weighted by atomic mass is 19.1. The van der Waals surface area contributed by atoms with Gasteiger partial charge in [0.2, 0.25) is 0 Å². The van der Waals surface area contributed by atoms with Crippen LogP contribution in [-0.4, -0.2) is 72.9 Å². The number of rotatable bonds is 7. The fraction of sp³-hybridized carbons (Fsp3) is 0.381. The van der Waals surface area contributed by atoms with E-state index in [-0.39, 0.29) is 38.8 Å². The van der Waals surface area contributed by atoms with Gasteiger partial charge in [0, 0.05) is 24.7 Å². The number of amides is 2. The largest absolute Gasteiger partial charge is 0.471 e. The van der Waals surface area contributed by atoms with Gasteiger partial charge in [-0.05, 0) is 35.3 Å². The lowest BCUT2D eigenvalue weighted by Gasteiger charge is -2.26. The number of anilines is 1. The first-order valence-corrected chi connectivity index (χ1v) is 10.1. The first kappa shape index (κ1) is 21.6. The summed E-state index contributed by atoms with van der Waals surface area (Å²) >= 11 is 0. The van der Waals surface area contributed by atoms with E-state index in [0.717, 1.165) is 5.57 Å². The number of hydrogen-bond acceptors (Lipinski definition) is 8. The van der Waals surface area contributed by atoms with E-state index in [1.54, 1.807) is 24.3 Å². The van der Waals surface area contributed by atoms with Crippen LogP contribution in [0.1, 0.15) is 12.0 Å². The van der Waals surface area contributed by atoms with Crippen molar-refractivity contribution in [3.8, 4) is 5.88 Å². The molecule has 2 aliphatic rings. The van der Waals surface area contributed by atoms with Crippen LogP contribution in [0.5, 0.6) is 5.88 Å². The fourth-order valence-electron chi connectivity index (χ4n) is 3.51. The van der Waals surface area contributed by atoms with E-state index in [4.69, 9.17) is 19.3 Å². The van der Waals surface area contributed by atoms with E-state index in [1.807, 2.05) is 0 Å². The Kier molecular flexibility index (Phi) is 6.55. The molecule has 2 aliphatic heterocycles. The third-order valence-corrected chi connectivity index (χ3v) is 5.10. The Labute approximate surface area is 182 Å². The summed E-state index contributed by atoms with van der Waals surface area (Å²) in [5.74, 6) is -0.184. The summed E-state index contributed by atoms with van der Waals surface area (Å²) in [7, 11) is 0. The van der Waals surface area contributed by atoms with Gasteiger partial charge < -0.3 is 28.7 Å². The maximum Gasteiger partial charge on any atom is 0.414 e. The molecular weight excluding hydrogens is 425 g/mol. The average Bonchev–Trinajstić information content (AvgIpc) is 3.45. The van der Waals surface area contributed by atoms with E-state index >= 15 is 0 Å². The molecule has 32 heavy (non-hydrogen) atoms. The second kappa shape index (κ2) is 9.69. The van der Waals surface area contributed by atoms with Crippen LogP contribution in [0.25, 0.3) is 5.57 Å². The van der Waals surface area contributed by atoms with Crippen molar-refractivity contribution in [2.45, 2.75) is 12.5 Å². The van der Waals surface area contributed by atoms with Crippen LogP contribution in [0.4, 0.5) is 19.7 Å². The Bertz CT molecular complexity index is 995. The highest BCUT2D eigenvalue weighted by molar-refractivity contribution is 5.90. The third kappa shape index (κ3) is 4.83. The highest BCUT2D eigenvalue weighted by Gasteiger charge is 2.33.